The predicted molar refractivity (Wildman–Crippen MR) is 99.3 cm³/mol. The Labute approximate surface area is 157 Å². The van der Waals surface area contributed by atoms with Crippen molar-refractivity contribution in [1.82, 2.24) is 25.1 Å². The van der Waals surface area contributed by atoms with Crippen LogP contribution in [-0.2, 0) is 17.8 Å². The Morgan fingerprint density at radius 2 is 2.19 bits per heavy atom. The van der Waals surface area contributed by atoms with Crippen molar-refractivity contribution in [2.75, 3.05) is 11.9 Å². The Morgan fingerprint density at radius 1 is 1.30 bits per heavy atom. The summed E-state index contributed by atoms with van der Waals surface area (Å²) in [6, 6.07) is 11.3. The fourth-order valence-corrected chi connectivity index (χ4v) is 3.44. The van der Waals surface area contributed by atoms with Gasteiger partial charge in [-0.25, -0.2) is 4.68 Å². The molecule has 1 aromatic carbocycles. The smallest absolute Gasteiger partial charge is 0.241 e. The molecule has 0 spiro atoms. The molecule has 0 aliphatic carbocycles. The van der Waals surface area contributed by atoms with Crippen LogP contribution in [0.3, 0.4) is 0 Å². The van der Waals surface area contributed by atoms with Crippen molar-refractivity contribution in [2.24, 2.45) is 0 Å². The van der Waals surface area contributed by atoms with Crippen molar-refractivity contribution >= 4 is 11.6 Å². The zero-order chi connectivity index (χ0) is 18.6. The molecule has 0 saturated carbocycles. The van der Waals surface area contributed by atoms with Crippen LogP contribution < -0.4 is 5.32 Å². The summed E-state index contributed by atoms with van der Waals surface area (Å²) in [5, 5.41) is 14.2. The molecular formula is C19H22N6O2. The number of anilines is 1. The predicted octanol–water partition coefficient (Wildman–Crippen LogP) is 2.42. The molecule has 2 aromatic heterocycles. The van der Waals surface area contributed by atoms with E-state index in [0.29, 0.717) is 6.54 Å². The lowest BCUT2D eigenvalue weighted by Gasteiger charge is -2.22. The zero-order valence-electron chi connectivity index (χ0n) is 15.2. The Bertz CT molecular complexity index is 905. The highest BCUT2D eigenvalue weighted by Gasteiger charge is 2.31. The molecule has 8 nitrogen and oxygen atoms in total. The van der Waals surface area contributed by atoms with Crippen molar-refractivity contribution in [1.29, 1.82) is 0 Å². The monoisotopic (exact) mass is 366 g/mol. The summed E-state index contributed by atoms with van der Waals surface area (Å²) in [6.07, 6.45) is 4.25. The van der Waals surface area contributed by atoms with Crippen LogP contribution in [0.15, 0.2) is 47.1 Å². The van der Waals surface area contributed by atoms with E-state index in [1.807, 2.05) is 36.4 Å². The number of carbonyl (C=O) groups excluding carboxylic acids is 1. The van der Waals surface area contributed by atoms with E-state index in [1.165, 1.54) is 6.33 Å². The van der Waals surface area contributed by atoms with E-state index in [0.717, 1.165) is 48.7 Å². The number of benzene rings is 1. The van der Waals surface area contributed by atoms with Gasteiger partial charge in [0.15, 0.2) is 0 Å². The minimum absolute atomic E-state index is 0.00337. The van der Waals surface area contributed by atoms with Gasteiger partial charge in [0.1, 0.15) is 17.8 Å². The van der Waals surface area contributed by atoms with Gasteiger partial charge in [-0.1, -0.05) is 13.0 Å². The lowest BCUT2D eigenvalue weighted by molar-refractivity contribution is -0.120. The van der Waals surface area contributed by atoms with Crippen LogP contribution in [0.2, 0.25) is 0 Å². The summed E-state index contributed by atoms with van der Waals surface area (Å²) in [7, 11) is 0. The van der Waals surface area contributed by atoms with Gasteiger partial charge in [0.05, 0.1) is 18.3 Å². The molecule has 1 saturated heterocycles. The minimum atomic E-state index is -0.156. The average Bonchev–Trinajstić information content (AvgIpc) is 3.44. The standard InChI is InChI=1S/C19H22N6O2/c1-2-16-8-9-17(27-16)12-24-10-4-7-18(24)19(26)21-14-5-3-6-15(11-14)25-13-20-22-23-25/h3,5-6,8-9,11,13,18H,2,4,7,10,12H2,1H3,(H,21,26). The number of hydrogen-bond donors (Lipinski definition) is 1. The number of aromatic nitrogens is 4. The molecule has 0 radical (unpaired) electrons. The summed E-state index contributed by atoms with van der Waals surface area (Å²) in [5.74, 6) is 1.89. The number of nitrogens with one attached hydrogen (secondary N) is 1. The molecule has 140 valence electrons. The number of nitrogens with zero attached hydrogens (tertiary/aromatic N) is 5. The van der Waals surface area contributed by atoms with Crippen LogP contribution >= 0.6 is 0 Å². The lowest BCUT2D eigenvalue weighted by Crippen LogP contribution is -2.39. The number of aryl methyl sites for hydroxylation is 1. The van der Waals surface area contributed by atoms with Crippen LogP contribution in [0.5, 0.6) is 0 Å². The van der Waals surface area contributed by atoms with E-state index in [2.05, 4.69) is 32.7 Å². The number of hydrogen-bond acceptors (Lipinski definition) is 6. The zero-order valence-corrected chi connectivity index (χ0v) is 15.2. The van der Waals surface area contributed by atoms with E-state index in [4.69, 9.17) is 4.42 Å². The normalized spacial score (nSPS) is 17.3. The summed E-state index contributed by atoms with van der Waals surface area (Å²) in [5.41, 5.74) is 1.52. The van der Waals surface area contributed by atoms with Crippen LogP contribution in [0.1, 0.15) is 31.3 Å². The second-order valence-corrected chi connectivity index (χ2v) is 6.64. The van der Waals surface area contributed by atoms with E-state index in [-0.39, 0.29) is 11.9 Å². The molecule has 3 aromatic rings. The number of tetrazole rings is 1. The molecular weight excluding hydrogens is 344 g/mol. The van der Waals surface area contributed by atoms with E-state index < -0.39 is 0 Å². The van der Waals surface area contributed by atoms with E-state index in [9.17, 15) is 4.79 Å². The Kier molecular flexibility index (Phi) is 4.97. The van der Waals surface area contributed by atoms with E-state index in [1.54, 1.807) is 4.68 Å². The van der Waals surface area contributed by atoms with Gasteiger partial charge in [-0.3, -0.25) is 9.69 Å². The van der Waals surface area contributed by atoms with Gasteiger partial charge in [0, 0.05) is 12.1 Å². The van der Waals surface area contributed by atoms with Crippen LogP contribution in [0, 0.1) is 0 Å². The second kappa shape index (κ2) is 7.71. The second-order valence-electron chi connectivity index (χ2n) is 6.64. The van der Waals surface area contributed by atoms with Crippen molar-refractivity contribution in [2.45, 2.75) is 38.8 Å². The average molecular weight is 366 g/mol. The molecule has 3 heterocycles. The molecule has 4 rings (SSSR count). The van der Waals surface area contributed by atoms with Gasteiger partial charge >= 0.3 is 0 Å². The number of likely N-dealkylation sites (tertiary alicyclic amines) is 1. The quantitative estimate of drug-likeness (QED) is 0.721. The first-order valence-corrected chi connectivity index (χ1v) is 9.19. The number of rotatable bonds is 6. The van der Waals surface area contributed by atoms with Crippen LogP contribution in [0.4, 0.5) is 5.69 Å². The van der Waals surface area contributed by atoms with Crippen molar-refractivity contribution in [3.8, 4) is 5.69 Å². The third-order valence-electron chi connectivity index (χ3n) is 4.82. The first-order chi connectivity index (χ1) is 13.2. The number of furan rings is 1. The van der Waals surface area contributed by atoms with Gasteiger partial charge < -0.3 is 9.73 Å². The van der Waals surface area contributed by atoms with Gasteiger partial charge in [0.2, 0.25) is 5.91 Å². The summed E-state index contributed by atoms with van der Waals surface area (Å²) in [6.45, 7) is 3.62. The fourth-order valence-electron chi connectivity index (χ4n) is 3.44. The Balaban J connectivity index is 1.43. The number of amides is 1. The minimum Gasteiger partial charge on any atom is -0.465 e. The van der Waals surface area contributed by atoms with Gasteiger partial charge in [-0.2, -0.15) is 0 Å². The molecule has 1 fully saturated rings. The lowest BCUT2D eigenvalue weighted by atomic mass is 10.2. The molecule has 1 N–H and O–H groups in total. The molecule has 1 aliphatic rings. The van der Waals surface area contributed by atoms with Crippen molar-refractivity contribution < 1.29 is 9.21 Å². The summed E-state index contributed by atoms with van der Waals surface area (Å²) >= 11 is 0. The van der Waals surface area contributed by atoms with Gasteiger partial charge in [-0.05, 0) is 60.1 Å². The highest BCUT2D eigenvalue weighted by atomic mass is 16.3. The molecule has 27 heavy (non-hydrogen) atoms. The molecule has 1 amide bonds. The van der Waals surface area contributed by atoms with Crippen molar-refractivity contribution in [3.63, 3.8) is 0 Å². The molecule has 1 unspecified atom stereocenters. The van der Waals surface area contributed by atoms with Crippen LogP contribution in [0.25, 0.3) is 5.69 Å². The largest absolute Gasteiger partial charge is 0.465 e. The molecule has 1 atom stereocenters. The maximum Gasteiger partial charge on any atom is 0.241 e. The first kappa shape index (κ1) is 17.4. The Hall–Kier alpha value is -3.00. The first-order valence-electron chi connectivity index (χ1n) is 9.19. The maximum atomic E-state index is 12.8. The maximum absolute atomic E-state index is 12.8. The molecule has 1 aliphatic heterocycles. The summed E-state index contributed by atoms with van der Waals surface area (Å²) in [4.78, 5) is 15.0. The molecule has 0 bridgehead atoms. The fraction of sp³-hybridized carbons (Fsp3) is 0.368. The van der Waals surface area contributed by atoms with Crippen LogP contribution in [-0.4, -0.2) is 43.6 Å². The van der Waals surface area contributed by atoms with Gasteiger partial charge in [-0.15, -0.1) is 5.10 Å². The third-order valence-corrected chi connectivity index (χ3v) is 4.82. The SMILES string of the molecule is CCc1ccc(CN2CCCC2C(=O)Nc2cccc(-n3cnnn3)c2)o1. The molecule has 8 heteroatoms. The third kappa shape index (κ3) is 3.90. The highest BCUT2D eigenvalue weighted by molar-refractivity contribution is 5.95. The topological polar surface area (TPSA) is 89.1 Å². The van der Waals surface area contributed by atoms with Crippen molar-refractivity contribution in [3.05, 3.63) is 54.2 Å². The highest BCUT2D eigenvalue weighted by Crippen LogP contribution is 2.23. The van der Waals surface area contributed by atoms with Gasteiger partial charge in [0.25, 0.3) is 0 Å². The summed E-state index contributed by atoms with van der Waals surface area (Å²) < 4.78 is 7.36. The Morgan fingerprint density at radius 3 is 2.96 bits per heavy atom. The van der Waals surface area contributed by atoms with E-state index >= 15 is 0 Å². The number of carbonyl (C=O) groups is 1.